The van der Waals surface area contributed by atoms with Gasteiger partial charge in [0.2, 0.25) is 0 Å². The molecule has 0 aromatic heterocycles. The zero-order valence-corrected chi connectivity index (χ0v) is 9.74. The summed E-state index contributed by atoms with van der Waals surface area (Å²) >= 11 is 0. The van der Waals surface area contributed by atoms with Crippen LogP contribution in [-0.4, -0.2) is 34.2 Å². The summed E-state index contributed by atoms with van der Waals surface area (Å²) in [4.78, 5) is 0.810. The van der Waals surface area contributed by atoms with Crippen LogP contribution < -0.4 is 5.32 Å². The molecule has 1 aromatic rings. The minimum Gasteiger partial charge on any atom is -0.313 e. The van der Waals surface area contributed by atoms with Gasteiger partial charge in [-0.05, 0) is 12.1 Å². The maximum absolute atomic E-state index is 12.3. The molecule has 1 unspecified atom stereocenters. The fourth-order valence-electron chi connectivity index (χ4n) is 1.70. The zero-order chi connectivity index (χ0) is 11.4. The van der Waals surface area contributed by atoms with E-state index in [2.05, 4.69) is 11.2 Å². The van der Waals surface area contributed by atoms with Crippen molar-refractivity contribution >= 4 is 11.0 Å². The van der Waals surface area contributed by atoms with Gasteiger partial charge in [0.25, 0.3) is 0 Å². The van der Waals surface area contributed by atoms with Gasteiger partial charge in [0, 0.05) is 19.6 Å². The van der Waals surface area contributed by atoms with Crippen LogP contribution >= 0.6 is 0 Å². The standard InChI is InChI=1S/C12H14N2OS/c1-2-11-10-13-8-9-14(11)16(15)12-6-4-3-5-7-12/h1,3-7,11,13H,8-10H2/t11-,16?/m0/s1. The van der Waals surface area contributed by atoms with Crippen molar-refractivity contribution in [3.8, 4) is 12.3 Å². The van der Waals surface area contributed by atoms with Gasteiger partial charge in [-0.3, -0.25) is 0 Å². The first kappa shape index (κ1) is 11.3. The number of rotatable bonds is 2. The van der Waals surface area contributed by atoms with E-state index in [1.807, 2.05) is 34.6 Å². The molecule has 0 spiro atoms. The van der Waals surface area contributed by atoms with Crippen molar-refractivity contribution < 1.29 is 4.21 Å². The van der Waals surface area contributed by atoms with Crippen LogP contribution in [0.4, 0.5) is 0 Å². The van der Waals surface area contributed by atoms with Gasteiger partial charge in [-0.1, -0.05) is 24.1 Å². The third-order valence-electron chi connectivity index (χ3n) is 2.54. The van der Waals surface area contributed by atoms with Crippen LogP contribution in [0.3, 0.4) is 0 Å². The summed E-state index contributed by atoms with van der Waals surface area (Å²) < 4.78 is 14.1. The quantitative estimate of drug-likeness (QED) is 0.761. The number of terminal acetylenes is 1. The Bertz CT molecular complexity index is 413. The van der Waals surface area contributed by atoms with Crippen molar-refractivity contribution in [2.75, 3.05) is 19.6 Å². The number of benzene rings is 1. The van der Waals surface area contributed by atoms with Gasteiger partial charge in [0.1, 0.15) is 11.0 Å². The maximum Gasteiger partial charge on any atom is 0.128 e. The van der Waals surface area contributed by atoms with E-state index < -0.39 is 11.0 Å². The molecule has 3 nitrogen and oxygen atoms in total. The van der Waals surface area contributed by atoms with Gasteiger partial charge in [0.05, 0.1) is 10.9 Å². The van der Waals surface area contributed by atoms with Crippen molar-refractivity contribution in [3.05, 3.63) is 30.3 Å². The highest BCUT2D eigenvalue weighted by Crippen LogP contribution is 2.14. The molecule has 1 aliphatic heterocycles. The van der Waals surface area contributed by atoms with Crippen LogP contribution in [-0.2, 0) is 11.0 Å². The Morgan fingerprint density at radius 3 is 2.88 bits per heavy atom. The van der Waals surface area contributed by atoms with E-state index in [9.17, 15) is 4.21 Å². The molecule has 0 amide bonds. The lowest BCUT2D eigenvalue weighted by atomic mass is 10.2. The first-order valence-electron chi connectivity index (χ1n) is 5.23. The summed E-state index contributed by atoms with van der Waals surface area (Å²) in [6.07, 6.45) is 5.44. The smallest absolute Gasteiger partial charge is 0.128 e. The van der Waals surface area contributed by atoms with Crippen molar-refractivity contribution in [1.29, 1.82) is 0 Å². The minimum absolute atomic E-state index is 0.0882. The average Bonchev–Trinajstić information content (AvgIpc) is 2.39. The molecule has 1 aliphatic rings. The topological polar surface area (TPSA) is 32.3 Å². The molecule has 4 heteroatoms. The van der Waals surface area contributed by atoms with E-state index in [-0.39, 0.29) is 6.04 Å². The van der Waals surface area contributed by atoms with E-state index in [1.54, 1.807) is 0 Å². The molecule has 84 valence electrons. The largest absolute Gasteiger partial charge is 0.313 e. The SMILES string of the molecule is C#C[C@H]1CNCCN1S(=O)c1ccccc1. The monoisotopic (exact) mass is 234 g/mol. The lowest BCUT2D eigenvalue weighted by molar-refractivity contribution is 0.330. The highest BCUT2D eigenvalue weighted by atomic mass is 32.2. The second kappa shape index (κ2) is 5.26. The number of nitrogens with one attached hydrogen (secondary N) is 1. The van der Waals surface area contributed by atoms with Gasteiger partial charge in [0.15, 0.2) is 0 Å². The van der Waals surface area contributed by atoms with Crippen LogP contribution in [0, 0.1) is 12.3 Å². The highest BCUT2D eigenvalue weighted by Gasteiger charge is 2.25. The number of piperazine rings is 1. The molecule has 0 aliphatic carbocycles. The third-order valence-corrected chi connectivity index (χ3v) is 4.08. The second-order valence-corrected chi connectivity index (χ2v) is 5.03. The molecule has 2 rings (SSSR count). The van der Waals surface area contributed by atoms with Crippen molar-refractivity contribution in [1.82, 2.24) is 9.62 Å². The van der Waals surface area contributed by atoms with Gasteiger partial charge < -0.3 is 5.32 Å². The van der Waals surface area contributed by atoms with Gasteiger partial charge in [-0.25, -0.2) is 8.51 Å². The van der Waals surface area contributed by atoms with E-state index >= 15 is 0 Å². The van der Waals surface area contributed by atoms with E-state index in [4.69, 9.17) is 6.42 Å². The molecule has 1 saturated heterocycles. The molecule has 0 bridgehead atoms. The van der Waals surface area contributed by atoms with E-state index in [0.29, 0.717) is 6.54 Å². The number of nitrogens with zero attached hydrogens (tertiary/aromatic N) is 1. The molecular formula is C12H14N2OS. The van der Waals surface area contributed by atoms with Crippen molar-refractivity contribution in [2.45, 2.75) is 10.9 Å². The molecule has 1 heterocycles. The zero-order valence-electron chi connectivity index (χ0n) is 8.93. The molecule has 1 fully saturated rings. The summed E-state index contributed by atoms with van der Waals surface area (Å²) in [5, 5.41) is 3.20. The predicted octanol–water partition coefficient (Wildman–Crippen LogP) is 0.616. The molecule has 1 N–H and O–H groups in total. The minimum atomic E-state index is -1.15. The van der Waals surface area contributed by atoms with E-state index in [0.717, 1.165) is 18.0 Å². The Morgan fingerprint density at radius 2 is 2.19 bits per heavy atom. The lowest BCUT2D eigenvalue weighted by Crippen LogP contribution is -2.51. The highest BCUT2D eigenvalue weighted by molar-refractivity contribution is 7.82. The molecule has 0 radical (unpaired) electrons. The second-order valence-electron chi connectivity index (χ2n) is 3.59. The molecule has 0 saturated carbocycles. The first-order chi connectivity index (χ1) is 7.83. The first-order valence-corrected chi connectivity index (χ1v) is 6.34. The van der Waals surface area contributed by atoms with Gasteiger partial charge in [-0.2, -0.15) is 0 Å². The average molecular weight is 234 g/mol. The number of hydrogen-bond acceptors (Lipinski definition) is 2. The van der Waals surface area contributed by atoms with Crippen molar-refractivity contribution in [3.63, 3.8) is 0 Å². The van der Waals surface area contributed by atoms with Crippen LogP contribution in [0.5, 0.6) is 0 Å². The molecular weight excluding hydrogens is 220 g/mol. The Hall–Kier alpha value is -1.15. The Kier molecular flexibility index (Phi) is 3.73. The fraction of sp³-hybridized carbons (Fsp3) is 0.333. The Balaban J connectivity index is 2.18. The lowest BCUT2D eigenvalue weighted by Gasteiger charge is -2.31. The summed E-state index contributed by atoms with van der Waals surface area (Å²) in [5.41, 5.74) is 0. The normalized spacial score (nSPS) is 23.6. The summed E-state index contributed by atoms with van der Waals surface area (Å²) in [6.45, 7) is 2.25. The Morgan fingerprint density at radius 1 is 1.44 bits per heavy atom. The Labute approximate surface area is 98.4 Å². The third kappa shape index (κ3) is 2.33. The molecule has 16 heavy (non-hydrogen) atoms. The van der Waals surface area contributed by atoms with Gasteiger partial charge in [-0.15, -0.1) is 6.42 Å². The molecule has 2 atom stereocenters. The molecule has 1 aromatic carbocycles. The summed E-state index contributed by atoms with van der Waals surface area (Å²) in [6, 6.07) is 9.34. The van der Waals surface area contributed by atoms with Crippen LogP contribution in [0.2, 0.25) is 0 Å². The van der Waals surface area contributed by atoms with Crippen LogP contribution in [0.15, 0.2) is 35.2 Å². The van der Waals surface area contributed by atoms with Crippen molar-refractivity contribution in [2.24, 2.45) is 0 Å². The van der Waals surface area contributed by atoms with E-state index in [1.165, 1.54) is 0 Å². The van der Waals surface area contributed by atoms with Crippen LogP contribution in [0.1, 0.15) is 0 Å². The number of hydrogen-bond donors (Lipinski definition) is 1. The predicted molar refractivity (Wildman–Crippen MR) is 65.0 cm³/mol. The maximum atomic E-state index is 12.3. The fourth-order valence-corrected chi connectivity index (χ4v) is 2.98. The van der Waals surface area contributed by atoms with Gasteiger partial charge >= 0.3 is 0 Å². The summed E-state index contributed by atoms with van der Waals surface area (Å²) in [5.74, 6) is 2.68. The summed E-state index contributed by atoms with van der Waals surface area (Å²) in [7, 11) is -1.15. The van der Waals surface area contributed by atoms with Crippen LogP contribution in [0.25, 0.3) is 0 Å².